The Balaban J connectivity index is 2.23. The number of pyridine rings is 1. The van der Waals surface area contributed by atoms with E-state index in [1.165, 1.54) is 0 Å². The second-order valence-corrected chi connectivity index (χ2v) is 6.80. The number of hydrogen-bond acceptors (Lipinski definition) is 4. The van der Waals surface area contributed by atoms with Crippen molar-refractivity contribution < 1.29 is 9.90 Å². The molecule has 0 radical (unpaired) electrons. The molecule has 1 unspecified atom stereocenters. The Kier molecular flexibility index (Phi) is 6.20. The fourth-order valence-corrected chi connectivity index (χ4v) is 2.69. The third-order valence-corrected chi connectivity index (χ3v) is 4.02. The van der Waals surface area contributed by atoms with Crippen LogP contribution >= 0.6 is 0 Å². The van der Waals surface area contributed by atoms with Crippen LogP contribution in [0.15, 0.2) is 30.3 Å². The first kappa shape index (κ1) is 19.0. The third kappa shape index (κ3) is 4.82. The molecule has 0 aliphatic heterocycles. The van der Waals surface area contributed by atoms with Gasteiger partial charge in [-0.2, -0.15) is 0 Å². The Morgan fingerprint density at radius 2 is 1.92 bits per heavy atom. The summed E-state index contributed by atoms with van der Waals surface area (Å²) in [5.41, 5.74) is 1.92. The number of aliphatic hydroxyl groups excluding tert-OH is 1. The summed E-state index contributed by atoms with van der Waals surface area (Å²) in [4.78, 5) is 20.8. The predicted molar refractivity (Wildman–Crippen MR) is 102 cm³/mol. The molecule has 0 fully saturated rings. The number of fused-ring (bicyclic) bond motifs is 1. The summed E-state index contributed by atoms with van der Waals surface area (Å²) >= 11 is 0. The lowest BCUT2D eigenvalue weighted by Crippen LogP contribution is -2.46. The molecule has 2 N–H and O–H groups in total. The molecule has 1 heterocycles. The maximum atomic E-state index is 12.5. The summed E-state index contributed by atoms with van der Waals surface area (Å²) in [7, 11) is 3.89. The van der Waals surface area contributed by atoms with Crippen molar-refractivity contribution in [3.8, 4) is 0 Å². The van der Waals surface area contributed by atoms with E-state index in [9.17, 15) is 9.90 Å². The van der Waals surface area contributed by atoms with E-state index in [0.29, 0.717) is 13.1 Å². The Labute approximate surface area is 149 Å². The standard InChI is InChI=1S/C19H28N4O2/c1-13(2)23(12-14(3)24)19(25)20-11-15-10-18(22(4)5)21-17-9-7-6-8-16(15)17/h6-10,13-14,24H,11-12H2,1-5H3,(H,20,25). The van der Waals surface area contributed by atoms with E-state index in [2.05, 4.69) is 10.3 Å². The van der Waals surface area contributed by atoms with Crippen LogP contribution in [0.5, 0.6) is 0 Å². The molecule has 1 atom stereocenters. The van der Waals surface area contributed by atoms with E-state index in [-0.39, 0.29) is 12.1 Å². The lowest BCUT2D eigenvalue weighted by molar-refractivity contribution is 0.119. The number of para-hydroxylation sites is 1. The maximum absolute atomic E-state index is 12.5. The zero-order valence-corrected chi connectivity index (χ0v) is 15.7. The lowest BCUT2D eigenvalue weighted by Gasteiger charge is -2.28. The molecule has 2 aromatic rings. The summed E-state index contributed by atoms with van der Waals surface area (Å²) < 4.78 is 0. The first-order valence-electron chi connectivity index (χ1n) is 8.58. The fraction of sp³-hybridized carbons (Fsp3) is 0.474. The molecule has 6 heteroatoms. The molecule has 0 bridgehead atoms. The monoisotopic (exact) mass is 344 g/mol. The largest absolute Gasteiger partial charge is 0.392 e. The highest BCUT2D eigenvalue weighted by Gasteiger charge is 2.18. The molecular weight excluding hydrogens is 316 g/mol. The molecule has 0 aliphatic carbocycles. The molecule has 2 rings (SSSR count). The van der Waals surface area contributed by atoms with Gasteiger partial charge in [0, 0.05) is 38.6 Å². The second-order valence-electron chi connectivity index (χ2n) is 6.80. The van der Waals surface area contributed by atoms with Gasteiger partial charge in [0.05, 0.1) is 11.6 Å². The van der Waals surface area contributed by atoms with E-state index >= 15 is 0 Å². The number of nitrogens with zero attached hydrogens (tertiary/aromatic N) is 3. The van der Waals surface area contributed by atoms with Crippen molar-refractivity contribution in [3.63, 3.8) is 0 Å². The Morgan fingerprint density at radius 3 is 2.52 bits per heavy atom. The number of aliphatic hydroxyl groups is 1. The summed E-state index contributed by atoms with van der Waals surface area (Å²) in [6.07, 6.45) is -0.560. The van der Waals surface area contributed by atoms with Crippen molar-refractivity contribution in [2.45, 2.75) is 39.5 Å². The van der Waals surface area contributed by atoms with Gasteiger partial charge in [-0.15, -0.1) is 0 Å². The van der Waals surface area contributed by atoms with Crippen LogP contribution in [0, 0.1) is 0 Å². The number of anilines is 1. The van der Waals surface area contributed by atoms with Crippen LogP contribution < -0.4 is 10.2 Å². The number of rotatable bonds is 6. The average molecular weight is 344 g/mol. The summed E-state index contributed by atoms with van der Waals surface area (Å²) in [5.74, 6) is 0.854. The Bertz CT molecular complexity index is 728. The van der Waals surface area contributed by atoms with Crippen molar-refractivity contribution in [1.82, 2.24) is 15.2 Å². The molecule has 1 aromatic heterocycles. The molecule has 6 nitrogen and oxygen atoms in total. The number of amides is 2. The van der Waals surface area contributed by atoms with Gasteiger partial charge in [-0.1, -0.05) is 18.2 Å². The summed E-state index contributed by atoms with van der Waals surface area (Å²) in [5, 5.41) is 13.6. The molecule has 0 saturated carbocycles. The number of nitrogens with one attached hydrogen (secondary N) is 1. The van der Waals surface area contributed by atoms with Gasteiger partial charge < -0.3 is 20.2 Å². The molecule has 0 saturated heterocycles. The lowest BCUT2D eigenvalue weighted by atomic mass is 10.1. The SMILES string of the molecule is CC(O)CN(C(=O)NCc1cc(N(C)C)nc2ccccc12)C(C)C. The van der Waals surface area contributed by atoms with Crippen molar-refractivity contribution in [3.05, 3.63) is 35.9 Å². The van der Waals surface area contributed by atoms with Crippen molar-refractivity contribution in [2.75, 3.05) is 25.5 Å². The normalized spacial score (nSPS) is 12.3. The van der Waals surface area contributed by atoms with Gasteiger partial charge in [0.1, 0.15) is 5.82 Å². The number of urea groups is 1. The molecule has 0 spiro atoms. The first-order chi connectivity index (χ1) is 11.8. The highest BCUT2D eigenvalue weighted by Crippen LogP contribution is 2.22. The van der Waals surface area contributed by atoms with Gasteiger partial charge in [-0.25, -0.2) is 9.78 Å². The predicted octanol–water partition coefficient (Wildman–Crippen LogP) is 2.60. The van der Waals surface area contributed by atoms with E-state index in [1.807, 2.05) is 63.2 Å². The highest BCUT2D eigenvalue weighted by molar-refractivity contribution is 5.84. The average Bonchev–Trinajstić information content (AvgIpc) is 2.56. The number of benzene rings is 1. The fourth-order valence-electron chi connectivity index (χ4n) is 2.69. The zero-order valence-electron chi connectivity index (χ0n) is 15.7. The number of carbonyl (C=O) groups is 1. The number of hydrogen-bond donors (Lipinski definition) is 2. The maximum Gasteiger partial charge on any atom is 0.317 e. The summed E-state index contributed by atoms with van der Waals surface area (Å²) in [6.45, 7) is 6.28. The Morgan fingerprint density at radius 1 is 1.24 bits per heavy atom. The number of aromatic nitrogens is 1. The summed E-state index contributed by atoms with van der Waals surface area (Å²) in [6, 6.07) is 9.75. The van der Waals surface area contributed by atoms with Crippen molar-refractivity contribution in [2.24, 2.45) is 0 Å². The van der Waals surface area contributed by atoms with Crippen LogP contribution in [-0.2, 0) is 6.54 Å². The first-order valence-corrected chi connectivity index (χ1v) is 8.58. The van der Waals surface area contributed by atoms with Crippen molar-refractivity contribution in [1.29, 1.82) is 0 Å². The molecule has 1 aromatic carbocycles. The van der Waals surface area contributed by atoms with Gasteiger partial charge >= 0.3 is 6.03 Å². The highest BCUT2D eigenvalue weighted by atomic mass is 16.3. The van der Waals surface area contributed by atoms with Crippen LogP contribution in [0.3, 0.4) is 0 Å². The minimum absolute atomic E-state index is 0.0149. The van der Waals surface area contributed by atoms with Crippen LogP contribution in [0.1, 0.15) is 26.3 Å². The van der Waals surface area contributed by atoms with Crippen molar-refractivity contribution >= 4 is 22.8 Å². The zero-order chi connectivity index (χ0) is 18.6. The third-order valence-electron chi connectivity index (χ3n) is 4.02. The van der Waals surface area contributed by atoms with E-state index in [4.69, 9.17) is 0 Å². The van der Waals surface area contributed by atoms with Crippen LogP contribution in [-0.4, -0.2) is 53.8 Å². The van der Waals surface area contributed by atoms with Gasteiger partial charge in [0.25, 0.3) is 0 Å². The molecule has 136 valence electrons. The Hall–Kier alpha value is -2.34. The van der Waals surface area contributed by atoms with Crippen LogP contribution in [0.4, 0.5) is 10.6 Å². The topological polar surface area (TPSA) is 68.7 Å². The molecule has 0 aliphatic rings. The molecular formula is C19H28N4O2. The van der Waals surface area contributed by atoms with E-state index in [1.54, 1.807) is 11.8 Å². The van der Waals surface area contributed by atoms with E-state index in [0.717, 1.165) is 22.3 Å². The quantitative estimate of drug-likeness (QED) is 0.845. The van der Waals surface area contributed by atoms with Gasteiger partial charge in [-0.3, -0.25) is 0 Å². The van der Waals surface area contributed by atoms with Crippen LogP contribution in [0.2, 0.25) is 0 Å². The number of carbonyl (C=O) groups excluding carboxylic acids is 1. The molecule has 2 amide bonds. The molecule has 25 heavy (non-hydrogen) atoms. The minimum Gasteiger partial charge on any atom is -0.392 e. The smallest absolute Gasteiger partial charge is 0.317 e. The van der Waals surface area contributed by atoms with Crippen LogP contribution in [0.25, 0.3) is 10.9 Å². The van der Waals surface area contributed by atoms with E-state index < -0.39 is 6.10 Å². The van der Waals surface area contributed by atoms with Gasteiger partial charge in [0.2, 0.25) is 0 Å². The van der Waals surface area contributed by atoms with Gasteiger partial charge in [-0.05, 0) is 38.5 Å². The second kappa shape index (κ2) is 8.16. The van der Waals surface area contributed by atoms with Gasteiger partial charge in [0.15, 0.2) is 0 Å². The minimum atomic E-state index is -0.560.